The highest BCUT2D eigenvalue weighted by Gasteiger charge is 2.34. The minimum Gasteiger partial charge on any atom is -0.462 e. The van der Waals surface area contributed by atoms with Gasteiger partial charge in [0.1, 0.15) is 17.1 Å². The minimum atomic E-state index is -5.08. The molecule has 0 aliphatic rings. The van der Waals surface area contributed by atoms with E-state index in [2.05, 4.69) is 14.2 Å². The summed E-state index contributed by atoms with van der Waals surface area (Å²) in [4.78, 5) is 11.8. The van der Waals surface area contributed by atoms with E-state index < -0.39 is 35.8 Å². The monoisotopic (exact) mass is 394 g/mol. The van der Waals surface area contributed by atoms with Crippen LogP contribution in [-0.2, 0) is 4.74 Å². The Morgan fingerprint density at radius 3 is 2.11 bits per heavy atom. The van der Waals surface area contributed by atoms with Crippen LogP contribution in [0.2, 0.25) is 0 Å². The molecule has 10 heteroatoms. The normalized spacial score (nSPS) is 11.8. The molecule has 0 radical (unpaired) electrons. The third-order valence-electron chi connectivity index (χ3n) is 3.10. The first-order valence-corrected chi connectivity index (χ1v) is 7.41. The average molecular weight is 394 g/mol. The van der Waals surface area contributed by atoms with Crippen LogP contribution in [0.4, 0.5) is 26.3 Å². The predicted octanol–water partition coefficient (Wildman–Crippen LogP) is 5.33. The summed E-state index contributed by atoms with van der Waals surface area (Å²) in [5.41, 5.74) is -0.269. The number of carbonyl (C=O) groups is 1. The highest BCUT2D eigenvalue weighted by Crippen LogP contribution is 2.34. The van der Waals surface area contributed by atoms with Gasteiger partial charge in [-0.1, -0.05) is 18.2 Å². The van der Waals surface area contributed by atoms with E-state index in [0.29, 0.717) is 0 Å². The Bertz CT molecular complexity index is 814. The van der Waals surface area contributed by atoms with Crippen LogP contribution in [0.3, 0.4) is 0 Å². The lowest BCUT2D eigenvalue weighted by atomic mass is 10.0. The summed E-state index contributed by atoms with van der Waals surface area (Å²) in [6.45, 7) is 1.41. The topological polar surface area (TPSA) is 44.8 Å². The van der Waals surface area contributed by atoms with E-state index in [-0.39, 0.29) is 17.7 Å². The van der Waals surface area contributed by atoms with Crippen molar-refractivity contribution < 1.29 is 45.3 Å². The summed E-state index contributed by atoms with van der Waals surface area (Å²) in [5, 5.41) is 0. The fraction of sp³-hybridized carbons (Fsp3) is 0.235. The van der Waals surface area contributed by atoms with Gasteiger partial charge in [0.25, 0.3) is 0 Å². The van der Waals surface area contributed by atoms with E-state index in [1.165, 1.54) is 25.1 Å². The summed E-state index contributed by atoms with van der Waals surface area (Å²) in [6.07, 6.45) is -10.0. The molecule has 27 heavy (non-hydrogen) atoms. The molecular weight excluding hydrogens is 382 g/mol. The van der Waals surface area contributed by atoms with E-state index in [4.69, 9.17) is 0 Å². The van der Waals surface area contributed by atoms with Gasteiger partial charge in [0.05, 0.1) is 6.61 Å². The summed E-state index contributed by atoms with van der Waals surface area (Å²) >= 11 is 0. The van der Waals surface area contributed by atoms with Crippen molar-refractivity contribution in [1.29, 1.82) is 0 Å². The van der Waals surface area contributed by atoms with E-state index in [1.807, 2.05) is 0 Å². The van der Waals surface area contributed by atoms with Crippen molar-refractivity contribution in [1.82, 2.24) is 0 Å². The summed E-state index contributed by atoms with van der Waals surface area (Å²) in [6, 6.07) is 7.79. The van der Waals surface area contributed by atoms with Gasteiger partial charge in [0, 0.05) is 0 Å². The van der Waals surface area contributed by atoms with Gasteiger partial charge < -0.3 is 14.2 Å². The lowest BCUT2D eigenvalue weighted by molar-refractivity contribution is -0.275. The van der Waals surface area contributed by atoms with Crippen LogP contribution in [0.15, 0.2) is 42.5 Å². The fourth-order valence-corrected chi connectivity index (χ4v) is 2.16. The molecule has 0 aliphatic carbocycles. The molecule has 4 nitrogen and oxygen atoms in total. The summed E-state index contributed by atoms with van der Waals surface area (Å²) in [5.74, 6) is -2.41. The Morgan fingerprint density at radius 2 is 1.52 bits per heavy atom. The smallest absolute Gasteiger partial charge is 0.462 e. The van der Waals surface area contributed by atoms with Crippen molar-refractivity contribution >= 4 is 5.97 Å². The number of hydrogen-bond acceptors (Lipinski definition) is 4. The van der Waals surface area contributed by atoms with Gasteiger partial charge in [0.15, 0.2) is 0 Å². The minimum absolute atomic E-state index is 0.0666. The number of carbonyl (C=O) groups excluding carboxylic acids is 1. The maximum absolute atomic E-state index is 12.6. The molecule has 0 aromatic heterocycles. The van der Waals surface area contributed by atoms with Gasteiger partial charge in [-0.05, 0) is 42.3 Å². The van der Waals surface area contributed by atoms with Crippen LogP contribution in [-0.4, -0.2) is 25.3 Å². The Kier molecular flexibility index (Phi) is 5.87. The highest BCUT2D eigenvalue weighted by atomic mass is 19.4. The van der Waals surface area contributed by atoms with Crippen LogP contribution in [0.1, 0.15) is 17.3 Å². The lowest BCUT2D eigenvalue weighted by Gasteiger charge is -2.15. The molecular formula is C17H12F6O4. The van der Waals surface area contributed by atoms with Crippen LogP contribution >= 0.6 is 0 Å². The first-order chi connectivity index (χ1) is 12.5. The molecule has 0 bridgehead atoms. The maximum atomic E-state index is 12.6. The number of hydrogen-bond donors (Lipinski definition) is 0. The molecule has 0 atom stereocenters. The van der Waals surface area contributed by atoms with Gasteiger partial charge in [-0.3, -0.25) is 0 Å². The Hall–Kier alpha value is -2.91. The third-order valence-corrected chi connectivity index (χ3v) is 3.10. The van der Waals surface area contributed by atoms with Crippen LogP contribution in [0.25, 0.3) is 11.1 Å². The zero-order valence-corrected chi connectivity index (χ0v) is 13.6. The highest BCUT2D eigenvalue weighted by molar-refractivity contribution is 5.93. The molecule has 146 valence electrons. The second kappa shape index (κ2) is 7.77. The zero-order valence-electron chi connectivity index (χ0n) is 13.6. The first kappa shape index (κ1) is 20.4. The van der Waals surface area contributed by atoms with Crippen molar-refractivity contribution in [3.05, 3.63) is 48.0 Å². The molecule has 0 saturated carbocycles. The van der Waals surface area contributed by atoms with Crippen molar-refractivity contribution in [3.8, 4) is 22.6 Å². The molecule has 0 saturated heterocycles. The molecule has 0 unspecified atom stereocenters. The second-order valence-electron chi connectivity index (χ2n) is 5.05. The molecule has 2 aromatic rings. The van der Waals surface area contributed by atoms with E-state index in [0.717, 1.165) is 24.3 Å². The molecule has 0 fully saturated rings. The fourth-order valence-electron chi connectivity index (χ4n) is 2.16. The van der Waals surface area contributed by atoms with Crippen molar-refractivity contribution in [2.75, 3.05) is 6.61 Å². The van der Waals surface area contributed by atoms with E-state index in [1.54, 1.807) is 0 Å². The molecule has 0 spiro atoms. The van der Waals surface area contributed by atoms with Crippen molar-refractivity contribution in [3.63, 3.8) is 0 Å². The molecule has 0 N–H and O–H groups in total. The second-order valence-corrected chi connectivity index (χ2v) is 5.05. The van der Waals surface area contributed by atoms with Crippen LogP contribution in [0, 0.1) is 0 Å². The SMILES string of the molecule is CCOC(=O)c1ccc(-c2cccc(OC(F)(F)F)c2)cc1OC(F)(F)F. The number of ether oxygens (including phenoxy) is 3. The van der Waals surface area contributed by atoms with Crippen LogP contribution in [0.5, 0.6) is 11.5 Å². The van der Waals surface area contributed by atoms with Crippen molar-refractivity contribution in [2.24, 2.45) is 0 Å². The predicted molar refractivity (Wildman–Crippen MR) is 81.2 cm³/mol. The molecule has 0 aliphatic heterocycles. The quantitative estimate of drug-likeness (QED) is 0.508. The van der Waals surface area contributed by atoms with Gasteiger partial charge >= 0.3 is 18.7 Å². The average Bonchev–Trinajstić information content (AvgIpc) is 2.52. The maximum Gasteiger partial charge on any atom is 0.573 e. The van der Waals surface area contributed by atoms with Crippen LogP contribution < -0.4 is 9.47 Å². The first-order valence-electron chi connectivity index (χ1n) is 7.41. The molecule has 0 heterocycles. The molecule has 0 amide bonds. The summed E-state index contributed by atoms with van der Waals surface area (Å²) in [7, 11) is 0. The third kappa shape index (κ3) is 6.08. The number of esters is 1. The lowest BCUT2D eigenvalue weighted by Crippen LogP contribution is -2.19. The van der Waals surface area contributed by atoms with Gasteiger partial charge in [0.2, 0.25) is 0 Å². The van der Waals surface area contributed by atoms with E-state index >= 15 is 0 Å². The standard InChI is InChI=1S/C17H12F6O4/c1-2-25-15(24)13-7-6-11(9-14(13)27-17(21,22)23)10-4-3-5-12(8-10)26-16(18,19)20/h3-9H,2H2,1H3. The zero-order chi connectivity index (χ0) is 20.2. The summed E-state index contributed by atoms with van der Waals surface area (Å²) < 4.78 is 87.2. The number of halogens is 6. The van der Waals surface area contributed by atoms with Crippen molar-refractivity contribution in [2.45, 2.75) is 19.6 Å². The number of rotatable bonds is 5. The molecule has 2 rings (SSSR count). The Labute approximate surface area is 149 Å². The van der Waals surface area contributed by atoms with Gasteiger partial charge in [-0.2, -0.15) is 0 Å². The Morgan fingerprint density at radius 1 is 0.889 bits per heavy atom. The Balaban J connectivity index is 2.45. The number of alkyl halides is 6. The van der Waals surface area contributed by atoms with Gasteiger partial charge in [-0.15, -0.1) is 26.3 Å². The van der Waals surface area contributed by atoms with E-state index in [9.17, 15) is 31.1 Å². The number of benzene rings is 2. The molecule has 2 aromatic carbocycles. The largest absolute Gasteiger partial charge is 0.573 e. The van der Waals surface area contributed by atoms with Gasteiger partial charge in [-0.25, -0.2) is 4.79 Å².